The Labute approximate surface area is 184 Å². The molecule has 2 aromatic carbocycles. The lowest BCUT2D eigenvalue weighted by atomic mass is 10.2. The Balaban J connectivity index is 2.13. The molecule has 8 heteroatoms. The average Bonchev–Trinajstić information content (AvgIpc) is 2.73. The summed E-state index contributed by atoms with van der Waals surface area (Å²) in [6.45, 7) is 7.26. The van der Waals surface area contributed by atoms with Crippen molar-refractivity contribution in [3.8, 4) is 0 Å². The first-order chi connectivity index (χ1) is 14.3. The maximum Gasteiger partial charge on any atom is 0.242 e. The Bertz CT molecular complexity index is 901. The van der Waals surface area contributed by atoms with E-state index in [1.807, 2.05) is 30.5 Å². The predicted octanol–water partition coefficient (Wildman–Crippen LogP) is 3.96. The Morgan fingerprint density at radius 1 is 1.07 bits per heavy atom. The summed E-state index contributed by atoms with van der Waals surface area (Å²) in [7, 11) is -3.78. The van der Waals surface area contributed by atoms with Gasteiger partial charge in [-0.25, -0.2) is 8.42 Å². The topological polar surface area (TPSA) is 78.5 Å². The molecule has 0 radical (unpaired) electrons. The van der Waals surface area contributed by atoms with Gasteiger partial charge in [0, 0.05) is 24.0 Å². The van der Waals surface area contributed by atoms with E-state index >= 15 is 0 Å². The van der Waals surface area contributed by atoms with E-state index in [1.165, 1.54) is 12.1 Å². The SMILES string of the molecule is CCN(c1ccc(NC(=O)C(CCSC)NS(=O)(=O)c2ccccc2)cc1)C(C)C. The van der Waals surface area contributed by atoms with Crippen molar-refractivity contribution in [1.82, 2.24) is 4.72 Å². The van der Waals surface area contributed by atoms with Crippen LogP contribution in [0.15, 0.2) is 59.5 Å². The first kappa shape index (κ1) is 24.2. The fourth-order valence-corrected chi connectivity index (χ4v) is 4.87. The fourth-order valence-electron chi connectivity index (χ4n) is 3.15. The quantitative estimate of drug-likeness (QED) is 0.543. The van der Waals surface area contributed by atoms with E-state index in [-0.39, 0.29) is 10.8 Å². The third-order valence-corrected chi connectivity index (χ3v) is 6.84. The van der Waals surface area contributed by atoms with Crippen molar-refractivity contribution in [2.75, 3.05) is 28.8 Å². The van der Waals surface area contributed by atoms with Crippen molar-refractivity contribution < 1.29 is 13.2 Å². The summed E-state index contributed by atoms with van der Waals surface area (Å²) in [6, 6.07) is 15.2. The van der Waals surface area contributed by atoms with Gasteiger partial charge in [-0.1, -0.05) is 18.2 Å². The molecule has 6 nitrogen and oxygen atoms in total. The first-order valence-corrected chi connectivity index (χ1v) is 12.9. The largest absolute Gasteiger partial charge is 0.369 e. The highest BCUT2D eigenvalue weighted by molar-refractivity contribution is 7.98. The lowest BCUT2D eigenvalue weighted by Gasteiger charge is -2.27. The normalized spacial score (nSPS) is 12.6. The molecule has 0 fully saturated rings. The van der Waals surface area contributed by atoms with Gasteiger partial charge in [0.1, 0.15) is 6.04 Å². The van der Waals surface area contributed by atoms with Gasteiger partial charge in [0.2, 0.25) is 15.9 Å². The van der Waals surface area contributed by atoms with Crippen LogP contribution in [0.2, 0.25) is 0 Å². The summed E-state index contributed by atoms with van der Waals surface area (Å²) in [5.74, 6) is 0.293. The molecular weight excluding hydrogens is 418 g/mol. The van der Waals surface area contributed by atoms with Crippen molar-refractivity contribution in [2.24, 2.45) is 0 Å². The van der Waals surface area contributed by atoms with Gasteiger partial charge in [0.25, 0.3) is 0 Å². The Morgan fingerprint density at radius 3 is 2.23 bits per heavy atom. The van der Waals surface area contributed by atoms with Crippen LogP contribution in [0.25, 0.3) is 0 Å². The smallest absolute Gasteiger partial charge is 0.242 e. The van der Waals surface area contributed by atoms with Crippen molar-refractivity contribution in [2.45, 2.75) is 44.2 Å². The zero-order valence-corrected chi connectivity index (χ0v) is 19.6. The molecule has 30 heavy (non-hydrogen) atoms. The van der Waals surface area contributed by atoms with Gasteiger partial charge >= 0.3 is 0 Å². The number of carbonyl (C=O) groups excluding carboxylic acids is 1. The van der Waals surface area contributed by atoms with Crippen LogP contribution < -0.4 is 14.9 Å². The molecule has 1 unspecified atom stereocenters. The van der Waals surface area contributed by atoms with Gasteiger partial charge in [0.15, 0.2) is 0 Å². The van der Waals surface area contributed by atoms with Gasteiger partial charge in [-0.15, -0.1) is 0 Å². The predicted molar refractivity (Wildman–Crippen MR) is 127 cm³/mol. The van der Waals surface area contributed by atoms with Crippen LogP contribution in [-0.4, -0.2) is 45.0 Å². The zero-order valence-electron chi connectivity index (χ0n) is 18.0. The number of hydrogen-bond donors (Lipinski definition) is 2. The number of hydrogen-bond acceptors (Lipinski definition) is 5. The number of nitrogens with zero attached hydrogens (tertiary/aromatic N) is 1. The van der Waals surface area contributed by atoms with Crippen molar-refractivity contribution in [3.63, 3.8) is 0 Å². The molecule has 0 spiro atoms. The van der Waals surface area contributed by atoms with Crippen molar-refractivity contribution >= 4 is 39.1 Å². The minimum Gasteiger partial charge on any atom is -0.369 e. The molecule has 0 saturated carbocycles. The Morgan fingerprint density at radius 2 is 1.70 bits per heavy atom. The molecule has 0 aliphatic heterocycles. The summed E-state index contributed by atoms with van der Waals surface area (Å²) >= 11 is 1.57. The summed E-state index contributed by atoms with van der Waals surface area (Å²) in [4.78, 5) is 15.2. The molecule has 0 aromatic heterocycles. The average molecular weight is 450 g/mol. The Kier molecular flexibility index (Phi) is 9.20. The molecule has 0 saturated heterocycles. The van der Waals surface area contributed by atoms with Gasteiger partial charge in [-0.3, -0.25) is 4.79 Å². The molecule has 2 rings (SSSR count). The minimum absolute atomic E-state index is 0.143. The third-order valence-electron chi connectivity index (χ3n) is 4.71. The number of amides is 1. The second-order valence-corrected chi connectivity index (χ2v) is 9.88. The highest BCUT2D eigenvalue weighted by Crippen LogP contribution is 2.20. The highest BCUT2D eigenvalue weighted by Gasteiger charge is 2.25. The van der Waals surface area contributed by atoms with E-state index in [0.717, 1.165) is 12.2 Å². The minimum atomic E-state index is -3.78. The number of benzene rings is 2. The van der Waals surface area contributed by atoms with Crippen LogP contribution in [0.3, 0.4) is 0 Å². The maximum atomic E-state index is 12.9. The van der Waals surface area contributed by atoms with Crippen LogP contribution in [0.5, 0.6) is 0 Å². The van der Waals surface area contributed by atoms with Gasteiger partial charge < -0.3 is 10.2 Å². The number of sulfonamides is 1. The molecule has 1 amide bonds. The molecule has 1 atom stereocenters. The van der Waals surface area contributed by atoms with Gasteiger partial charge in [-0.05, 0) is 75.6 Å². The number of anilines is 2. The molecule has 0 aliphatic rings. The maximum absolute atomic E-state index is 12.9. The number of rotatable bonds is 11. The molecule has 164 valence electrons. The van der Waals surface area contributed by atoms with E-state index in [0.29, 0.717) is 23.9 Å². The number of thioether (sulfide) groups is 1. The molecule has 2 aromatic rings. The molecule has 0 aliphatic carbocycles. The lowest BCUT2D eigenvalue weighted by Crippen LogP contribution is -2.44. The fraction of sp³-hybridized carbons (Fsp3) is 0.409. The van der Waals surface area contributed by atoms with E-state index in [2.05, 4.69) is 35.7 Å². The van der Waals surface area contributed by atoms with Crippen molar-refractivity contribution in [1.29, 1.82) is 0 Å². The number of carbonyl (C=O) groups is 1. The van der Waals surface area contributed by atoms with Crippen LogP contribution in [0.1, 0.15) is 27.2 Å². The molecule has 0 bridgehead atoms. The summed E-state index contributed by atoms with van der Waals surface area (Å²) < 4.78 is 27.9. The van der Waals surface area contributed by atoms with E-state index in [4.69, 9.17) is 0 Å². The van der Waals surface area contributed by atoms with Gasteiger partial charge in [0.05, 0.1) is 4.90 Å². The second-order valence-electron chi connectivity index (χ2n) is 7.18. The highest BCUT2D eigenvalue weighted by atomic mass is 32.2. The van der Waals surface area contributed by atoms with Crippen LogP contribution in [0, 0.1) is 0 Å². The molecular formula is C22H31N3O3S2. The van der Waals surface area contributed by atoms with E-state index in [9.17, 15) is 13.2 Å². The second kappa shape index (κ2) is 11.4. The van der Waals surface area contributed by atoms with Gasteiger partial charge in [-0.2, -0.15) is 16.5 Å². The first-order valence-electron chi connectivity index (χ1n) is 10.0. The summed E-state index contributed by atoms with van der Waals surface area (Å²) in [6.07, 6.45) is 2.32. The van der Waals surface area contributed by atoms with Crippen LogP contribution in [-0.2, 0) is 14.8 Å². The van der Waals surface area contributed by atoms with E-state index < -0.39 is 16.1 Å². The van der Waals surface area contributed by atoms with Crippen molar-refractivity contribution in [3.05, 3.63) is 54.6 Å². The van der Waals surface area contributed by atoms with Crippen LogP contribution >= 0.6 is 11.8 Å². The zero-order chi connectivity index (χ0) is 22.1. The lowest BCUT2D eigenvalue weighted by molar-refractivity contribution is -0.117. The van der Waals surface area contributed by atoms with E-state index in [1.54, 1.807) is 30.0 Å². The van der Waals surface area contributed by atoms with Crippen LogP contribution in [0.4, 0.5) is 11.4 Å². The molecule has 2 N–H and O–H groups in total. The molecule has 0 heterocycles. The number of nitrogens with one attached hydrogen (secondary N) is 2. The standard InChI is InChI=1S/C22H31N3O3S2/c1-5-25(17(2)3)19-13-11-18(12-14-19)23-22(26)21(15-16-29-4)24-30(27,28)20-9-7-6-8-10-20/h6-14,17,21,24H,5,15-16H2,1-4H3,(H,23,26). The summed E-state index contributed by atoms with van der Waals surface area (Å²) in [5, 5.41) is 2.84. The third kappa shape index (κ3) is 6.75. The monoisotopic (exact) mass is 449 g/mol. The summed E-state index contributed by atoms with van der Waals surface area (Å²) in [5.41, 5.74) is 1.71. The Hall–Kier alpha value is -2.03.